The predicted molar refractivity (Wildman–Crippen MR) is 122 cm³/mol. The number of aryl methyl sites for hydroxylation is 4. The molecule has 0 radical (unpaired) electrons. The fourth-order valence-electron chi connectivity index (χ4n) is 3.63. The molecule has 0 fully saturated rings. The minimum absolute atomic E-state index is 0.698. The van der Waals surface area contributed by atoms with E-state index in [4.69, 9.17) is 5.10 Å². The van der Waals surface area contributed by atoms with E-state index in [1.54, 1.807) is 7.05 Å². The first-order chi connectivity index (χ1) is 14.5. The summed E-state index contributed by atoms with van der Waals surface area (Å²) in [6.07, 6.45) is 0.982. The number of aromatic nitrogens is 4. The number of nitrogens with zero attached hydrogens (tertiary/aromatic N) is 5. The topological polar surface area (TPSA) is 72.1 Å². The Morgan fingerprint density at radius 2 is 1.77 bits per heavy atom. The molecule has 7 heteroatoms. The highest BCUT2D eigenvalue weighted by atomic mass is 15.3. The molecule has 0 spiro atoms. The Morgan fingerprint density at radius 1 is 1.00 bits per heavy atom. The number of rotatable bonds is 8. The first kappa shape index (κ1) is 21.6. The summed E-state index contributed by atoms with van der Waals surface area (Å²) >= 11 is 0. The Hall–Kier alpha value is -3.09. The van der Waals surface area contributed by atoms with Gasteiger partial charge in [-0.3, -0.25) is 14.4 Å². The number of aliphatic imine (C=N–C) groups is 1. The van der Waals surface area contributed by atoms with Crippen molar-refractivity contribution in [2.45, 2.75) is 53.8 Å². The van der Waals surface area contributed by atoms with Crippen molar-refractivity contribution in [2.75, 3.05) is 13.6 Å². The van der Waals surface area contributed by atoms with Gasteiger partial charge in [-0.05, 0) is 45.7 Å². The summed E-state index contributed by atoms with van der Waals surface area (Å²) in [5.74, 6) is 0.804. The molecule has 1 aromatic carbocycles. The molecule has 0 unspecified atom stereocenters. The van der Waals surface area contributed by atoms with Crippen molar-refractivity contribution in [3.05, 3.63) is 70.3 Å². The SMILES string of the molecule is CN=C(NCCCn1nc(C)cc1C)NCc1c(C)nn(Cc2ccccc2)c1C. The predicted octanol–water partition coefficient (Wildman–Crippen LogP) is 3.12. The Bertz CT molecular complexity index is 983. The summed E-state index contributed by atoms with van der Waals surface area (Å²) in [6.45, 7) is 11.5. The molecule has 3 rings (SSSR count). The molecule has 30 heavy (non-hydrogen) atoms. The van der Waals surface area contributed by atoms with Gasteiger partial charge >= 0.3 is 0 Å². The summed E-state index contributed by atoms with van der Waals surface area (Å²) in [7, 11) is 1.80. The first-order valence-corrected chi connectivity index (χ1v) is 10.5. The van der Waals surface area contributed by atoms with Crippen LogP contribution in [0.3, 0.4) is 0 Å². The normalized spacial score (nSPS) is 11.7. The number of guanidine groups is 1. The fourth-order valence-corrected chi connectivity index (χ4v) is 3.63. The van der Waals surface area contributed by atoms with Crippen LogP contribution in [-0.4, -0.2) is 39.1 Å². The van der Waals surface area contributed by atoms with Gasteiger partial charge < -0.3 is 10.6 Å². The van der Waals surface area contributed by atoms with Crippen LogP contribution >= 0.6 is 0 Å². The molecule has 2 heterocycles. The van der Waals surface area contributed by atoms with Gasteiger partial charge in [0.05, 0.1) is 17.9 Å². The van der Waals surface area contributed by atoms with E-state index < -0.39 is 0 Å². The van der Waals surface area contributed by atoms with Gasteiger partial charge in [0.1, 0.15) is 0 Å². The van der Waals surface area contributed by atoms with Crippen LogP contribution in [0.2, 0.25) is 0 Å². The third kappa shape index (κ3) is 5.49. The van der Waals surface area contributed by atoms with Crippen molar-refractivity contribution in [3.63, 3.8) is 0 Å². The second-order valence-corrected chi connectivity index (χ2v) is 7.65. The molecule has 0 aliphatic carbocycles. The average Bonchev–Trinajstić information content (AvgIpc) is 3.19. The van der Waals surface area contributed by atoms with E-state index >= 15 is 0 Å². The van der Waals surface area contributed by atoms with E-state index in [9.17, 15) is 0 Å². The van der Waals surface area contributed by atoms with Crippen molar-refractivity contribution >= 4 is 5.96 Å². The number of benzene rings is 1. The van der Waals surface area contributed by atoms with Crippen LogP contribution in [0.4, 0.5) is 0 Å². The molecule has 7 nitrogen and oxygen atoms in total. The van der Waals surface area contributed by atoms with Gasteiger partial charge in [0.2, 0.25) is 0 Å². The van der Waals surface area contributed by atoms with Crippen LogP contribution in [0.1, 0.15) is 40.3 Å². The molecule has 0 bridgehead atoms. The monoisotopic (exact) mass is 407 g/mol. The Balaban J connectivity index is 1.50. The van der Waals surface area contributed by atoms with Crippen LogP contribution in [0.5, 0.6) is 0 Å². The lowest BCUT2D eigenvalue weighted by Crippen LogP contribution is -2.37. The second kappa shape index (κ2) is 10.1. The third-order valence-electron chi connectivity index (χ3n) is 5.31. The van der Waals surface area contributed by atoms with Crippen LogP contribution < -0.4 is 10.6 Å². The number of hydrogen-bond donors (Lipinski definition) is 2. The first-order valence-electron chi connectivity index (χ1n) is 10.5. The maximum Gasteiger partial charge on any atom is 0.191 e. The summed E-state index contributed by atoms with van der Waals surface area (Å²) < 4.78 is 4.13. The lowest BCUT2D eigenvalue weighted by Gasteiger charge is -2.13. The van der Waals surface area contributed by atoms with Gasteiger partial charge in [0.15, 0.2) is 5.96 Å². The minimum Gasteiger partial charge on any atom is -0.356 e. The molecular formula is C23H33N7. The van der Waals surface area contributed by atoms with Gasteiger partial charge in [0.25, 0.3) is 0 Å². The summed E-state index contributed by atoms with van der Waals surface area (Å²) in [5, 5.41) is 16.1. The maximum atomic E-state index is 4.74. The summed E-state index contributed by atoms with van der Waals surface area (Å²) in [4.78, 5) is 4.35. The lowest BCUT2D eigenvalue weighted by atomic mass is 10.2. The molecule has 3 aromatic rings. The van der Waals surface area contributed by atoms with E-state index in [1.165, 1.54) is 22.5 Å². The van der Waals surface area contributed by atoms with Crippen molar-refractivity contribution in [1.82, 2.24) is 30.2 Å². The quantitative estimate of drug-likeness (QED) is 0.342. The molecule has 0 aliphatic rings. The average molecular weight is 408 g/mol. The van der Waals surface area contributed by atoms with Crippen molar-refractivity contribution < 1.29 is 0 Å². The van der Waals surface area contributed by atoms with E-state index in [0.29, 0.717) is 6.54 Å². The molecule has 160 valence electrons. The zero-order chi connectivity index (χ0) is 21.5. The zero-order valence-electron chi connectivity index (χ0n) is 18.7. The van der Waals surface area contributed by atoms with Gasteiger partial charge in [-0.2, -0.15) is 10.2 Å². The smallest absolute Gasteiger partial charge is 0.191 e. The largest absolute Gasteiger partial charge is 0.356 e. The minimum atomic E-state index is 0.698. The van der Waals surface area contributed by atoms with Crippen LogP contribution in [0, 0.1) is 27.7 Å². The van der Waals surface area contributed by atoms with Crippen LogP contribution in [-0.2, 0) is 19.6 Å². The maximum absolute atomic E-state index is 4.74. The van der Waals surface area contributed by atoms with Gasteiger partial charge in [-0.15, -0.1) is 0 Å². The summed E-state index contributed by atoms with van der Waals surface area (Å²) in [5.41, 5.74) is 6.98. The van der Waals surface area contributed by atoms with Gasteiger partial charge in [-0.1, -0.05) is 30.3 Å². The van der Waals surface area contributed by atoms with Gasteiger partial charge in [0, 0.05) is 43.6 Å². The molecular weight excluding hydrogens is 374 g/mol. The number of hydrogen-bond acceptors (Lipinski definition) is 3. The van der Waals surface area contributed by atoms with E-state index in [2.05, 4.69) is 81.2 Å². The summed E-state index contributed by atoms with van der Waals surface area (Å²) in [6, 6.07) is 12.5. The molecule has 0 amide bonds. The second-order valence-electron chi connectivity index (χ2n) is 7.65. The van der Waals surface area contributed by atoms with E-state index in [0.717, 1.165) is 43.4 Å². The Morgan fingerprint density at radius 3 is 2.43 bits per heavy atom. The van der Waals surface area contributed by atoms with Crippen LogP contribution in [0.25, 0.3) is 0 Å². The Kier molecular flexibility index (Phi) is 7.27. The Labute approximate surface area is 179 Å². The molecule has 0 aliphatic heterocycles. The van der Waals surface area contributed by atoms with E-state index in [-0.39, 0.29) is 0 Å². The van der Waals surface area contributed by atoms with Crippen LogP contribution in [0.15, 0.2) is 41.4 Å². The number of nitrogens with one attached hydrogen (secondary N) is 2. The van der Waals surface area contributed by atoms with E-state index in [1.807, 2.05) is 13.0 Å². The lowest BCUT2D eigenvalue weighted by molar-refractivity contribution is 0.555. The van der Waals surface area contributed by atoms with Crippen molar-refractivity contribution in [1.29, 1.82) is 0 Å². The zero-order valence-corrected chi connectivity index (χ0v) is 18.7. The highest BCUT2D eigenvalue weighted by Crippen LogP contribution is 2.14. The molecule has 0 atom stereocenters. The molecule has 2 N–H and O–H groups in total. The molecule has 0 saturated carbocycles. The highest BCUT2D eigenvalue weighted by molar-refractivity contribution is 5.79. The molecule has 0 saturated heterocycles. The van der Waals surface area contributed by atoms with Crippen molar-refractivity contribution in [2.24, 2.45) is 4.99 Å². The molecule has 2 aromatic heterocycles. The van der Waals surface area contributed by atoms with Gasteiger partial charge in [-0.25, -0.2) is 0 Å². The van der Waals surface area contributed by atoms with Crippen molar-refractivity contribution in [3.8, 4) is 0 Å². The highest BCUT2D eigenvalue weighted by Gasteiger charge is 2.12. The fraction of sp³-hybridized carbons (Fsp3) is 0.435. The third-order valence-corrected chi connectivity index (χ3v) is 5.31. The standard InChI is InChI=1S/C23H33N7/c1-17-14-18(2)29(27-17)13-9-12-25-23(24-5)26-15-22-19(3)28-30(20(22)4)16-21-10-7-6-8-11-21/h6-8,10-11,14H,9,12-13,15-16H2,1-5H3,(H2,24,25,26).